The lowest BCUT2D eigenvalue weighted by atomic mass is 10.1. The van der Waals surface area contributed by atoms with Crippen LogP contribution in [0.25, 0.3) is 11.4 Å². The molecule has 1 aromatic carbocycles. The van der Waals surface area contributed by atoms with E-state index in [1.54, 1.807) is 0 Å². The number of carbonyl (C=O) groups excluding carboxylic acids is 1. The van der Waals surface area contributed by atoms with Crippen LogP contribution in [0.3, 0.4) is 0 Å². The van der Waals surface area contributed by atoms with Crippen LogP contribution in [-0.4, -0.2) is 33.4 Å². The van der Waals surface area contributed by atoms with E-state index in [4.69, 9.17) is 0 Å². The average Bonchev–Trinajstić information content (AvgIpc) is 2.94. The third-order valence-corrected chi connectivity index (χ3v) is 4.33. The summed E-state index contributed by atoms with van der Waals surface area (Å²) in [6.45, 7) is 4.99. The van der Waals surface area contributed by atoms with Crippen molar-refractivity contribution in [3.8, 4) is 11.4 Å². The minimum Gasteiger partial charge on any atom is -0.355 e. The molecule has 1 heterocycles. The lowest BCUT2D eigenvalue weighted by Gasteiger charge is -2.05. The molecule has 0 radical (unpaired) electrons. The fourth-order valence-corrected chi connectivity index (χ4v) is 2.62. The van der Waals surface area contributed by atoms with Crippen LogP contribution in [0.5, 0.6) is 0 Å². The molecule has 1 amide bonds. The number of rotatable bonds is 7. The second-order valence-electron chi connectivity index (χ2n) is 5.29. The Morgan fingerprint density at radius 3 is 2.77 bits per heavy atom. The van der Waals surface area contributed by atoms with Crippen molar-refractivity contribution in [2.24, 2.45) is 5.92 Å². The van der Waals surface area contributed by atoms with Gasteiger partial charge in [0.2, 0.25) is 11.1 Å². The van der Waals surface area contributed by atoms with Gasteiger partial charge in [-0.2, -0.15) is 0 Å². The molecule has 0 bridgehead atoms. The number of benzene rings is 1. The van der Waals surface area contributed by atoms with Gasteiger partial charge in [-0.3, -0.25) is 9.89 Å². The van der Waals surface area contributed by atoms with Crippen molar-refractivity contribution in [1.82, 2.24) is 20.5 Å². The largest absolute Gasteiger partial charge is 0.355 e. The van der Waals surface area contributed by atoms with Crippen molar-refractivity contribution < 1.29 is 4.79 Å². The number of aromatic nitrogens is 3. The normalized spacial score (nSPS) is 10.9. The zero-order valence-corrected chi connectivity index (χ0v) is 15.0. The first-order valence-corrected chi connectivity index (χ1v) is 8.90. The summed E-state index contributed by atoms with van der Waals surface area (Å²) in [5, 5.41) is 10.5. The Hall–Kier alpha value is -1.34. The number of H-pyrrole nitrogens is 1. The molecule has 0 saturated carbocycles. The van der Waals surface area contributed by atoms with Gasteiger partial charge in [-0.1, -0.05) is 53.7 Å². The van der Waals surface area contributed by atoms with Crippen LogP contribution in [-0.2, 0) is 4.79 Å². The van der Waals surface area contributed by atoms with Gasteiger partial charge in [0.1, 0.15) is 0 Å². The van der Waals surface area contributed by atoms with Crippen molar-refractivity contribution in [3.05, 3.63) is 28.7 Å². The molecule has 0 saturated heterocycles. The molecule has 2 rings (SSSR count). The van der Waals surface area contributed by atoms with Crippen molar-refractivity contribution in [3.63, 3.8) is 0 Å². The van der Waals surface area contributed by atoms with E-state index in [9.17, 15) is 4.79 Å². The maximum absolute atomic E-state index is 11.7. The van der Waals surface area contributed by atoms with Crippen LogP contribution in [0.2, 0.25) is 0 Å². The highest BCUT2D eigenvalue weighted by atomic mass is 79.9. The van der Waals surface area contributed by atoms with Gasteiger partial charge in [-0.15, -0.1) is 5.10 Å². The van der Waals surface area contributed by atoms with Crippen LogP contribution in [0.4, 0.5) is 0 Å². The van der Waals surface area contributed by atoms with Crippen LogP contribution < -0.4 is 5.32 Å². The van der Waals surface area contributed by atoms with Crippen molar-refractivity contribution in [1.29, 1.82) is 0 Å². The van der Waals surface area contributed by atoms with E-state index < -0.39 is 0 Å². The molecule has 2 aromatic rings. The van der Waals surface area contributed by atoms with Crippen LogP contribution in [0.1, 0.15) is 20.3 Å². The van der Waals surface area contributed by atoms with Gasteiger partial charge in [-0.05, 0) is 24.5 Å². The molecule has 0 aliphatic rings. The number of hydrogen-bond acceptors (Lipinski definition) is 4. The number of amides is 1. The predicted octanol–water partition coefficient (Wildman–Crippen LogP) is 3.49. The van der Waals surface area contributed by atoms with Gasteiger partial charge >= 0.3 is 0 Å². The molecule has 0 atom stereocenters. The fourth-order valence-electron chi connectivity index (χ4n) is 1.73. The Bertz CT molecular complexity index is 612. The molecule has 0 unspecified atom stereocenters. The molecule has 5 nitrogen and oxygen atoms in total. The first-order chi connectivity index (χ1) is 10.5. The van der Waals surface area contributed by atoms with Gasteiger partial charge in [0.15, 0.2) is 5.82 Å². The summed E-state index contributed by atoms with van der Waals surface area (Å²) in [7, 11) is 0. The number of carbonyl (C=O) groups is 1. The summed E-state index contributed by atoms with van der Waals surface area (Å²) in [6.07, 6.45) is 0.991. The number of halogens is 1. The zero-order chi connectivity index (χ0) is 15.9. The minimum absolute atomic E-state index is 0.0145. The molecule has 0 aliphatic heterocycles. The Balaban J connectivity index is 1.82. The molecular formula is C15H19BrN4OS. The van der Waals surface area contributed by atoms with E-state index in [-0.39, 0.29) is 5.91 Å². The second kappa shape index (κ2) is 8.33. The Morgan fingerprint density at radius 1 is 1.36 bits per heavy atom. The van der Waals surface area contributed by atoms with Crippen LogP contribution >= 0.6 is 27.7 Å². The summed E-state index contributed by atoms with van der Waals surface area (Å²) >= 11 is 4.73. The molecule has 0 spiro atoms. The number of aromatic amines is 1. The van der Waals surface area contributed by atoms with Gasteiger partial charge < -0.3 is 5.32 Å². The van der Waals surface area contributed by atoms with E-state index in [1.165, 1.54) is 11.8 Å². The minimum atomic E-state index is 0.0145. The van der Waals surface area contributed by atoms with E-state index >= 15 is 0 Å². The van der Waals surface area contributed by atoms with E-state index in [0.717, 1.165) is 23.0 Å². The topological polar surface area (TPSA) is 70.7 Å². The summed E-state index contributed by atoms with van der Waals surface area (Å²) in [5.74, 6) is 1.64. The molecule has 1 aromatic heterocycles. The van der Waals surface area contributed by atoms with Crippen molar-refractivity contribution >= 4 is 33.6 Å². The smallest absolute Gasteiger partial charge is 0.230 e. The first kappa shape index (κ1) is 17.0. The van der Waals surface area contributed by atoms with E-state index in [1.807, 2.05) is 24.3 Å². The zero-order valence-electron chi connectivity index (χ0n) is 12.6. The summed E-state index contributed by atoms with van der Waals surface area (Å²) in [4.78, 5) is 16.1. The molecule has 0 fully saturated rings. The quantitative estimate of drug-likeness (QED) is 0.718. The fraction of sp³-hybridized carbons (Fsp3) is 0.400. The van der Waals surface area contributed by atoms with Crippen LogP contribution in [0.15, 0.2) is 33.9 Å². The lowest BCUT2D eigenvalue weighted by molar-refractivity contribution is -0.118. The maximum Gasteiger partial charge on any atom is 0.230 e. The highest BCUT2D eigenvalue weighted by Gasteiger charge is 2.09. The first-order valence-electron chi connectivity index (χ1n) is 7.12. The summed E-state index contributed by atoms with van der Waals surface area (Å²) < 4.78 is 1.02. The molecular weight excluding hydrogens is 364 g/mol. The third kappa shape index (κ3) is 5.46. The highest BCUT2D eigenvalue weighted by Crippen LogP contribution is 2.21. The monoisotopic (exact) mass is 382 g/mol. The van der Waals surface area contributed by atoms with Gasteiger partial charge in [0, 0.05) is 16.6 Å². The predicted molar refractivity (Wildman–Crippen MR) is 92.7 cm³/mol. The molecule has 2 N–H and O–H groups in total. The van der Waals surface area contributed by atoms with Crippen molar-refractivity contribution in [2.75, 3.05) is 12.3 Å². The molecule has 7 heteroatoms. The number of nitrogens with one attached hydrogen (secondary N) is 2. The Morgan fingerprint density at radius 2 is 2.09 bits per heavy atom. The summed E-state index contributed by atoms with van der Waals surface area (Å²) in [6, 6.07) is 7.81. The summed E-state index contributed by atoms with van der Waals surface area (Å²) in [5.41, 5.74) is 0.962. The van der Waals surface area contributed by atoms with E-state index in [0.29, 0.717) is 22.7 Å². The van der Waals surface area contributed by atoms with E-state index in [2.05, 4.69) is 50.3 Å². The number of hydrogen-bond donors (Lipinski definition) is 2. The SMILES string of the molecule is CC(C)CCNC(=O)CSc1n[nH]c(-c2ccc(Br)cc2)n1. The molecule has 118 valence electrons. The standard InChI is InChI=1S/C15H19BrN4OS/c1-10(2)7-8-17-13(21)9-22-15-18-14(19-20-15)11-3-5-12(16)6-4-11/h3-6,10H,7-9H2,1-2H3,(H,17,21)(H,18,19,20). The van der Waals surface area contributed by atoms with Gasteiger partial charge in [-0.25, -0.2) is 4.98 Å². The lowest BCUT2D eigenvalue weighted by Crippen LogP contribution is -2.26. The molecule has 22 heavy (non-hydrogen) atoms. The second-order valence-corrected chi connectivity index (χ2v) is 7.15. The average molecular weight is 383 g/mol. The third-order valence-electron chi connectivity index (χ3n) is 2.96. The van der Waals surface area contributed by atoms with Crippen molar-refractivity contribution in [2.45, 2.75) is 25.4 Å². The highest BCUT2D eigenvalue weighted by molar-refractivity contribution is 9.10. The molecule has 0 aliphatic carbocycles. The van der Waals surface area contributed by atoms with Crippen LogP contribution in [0, 0.1) is 5.92 Å². The number of thioether (sulfide) groups is 1. The van der Waals surface area contributed by atoms with Gasteiger partial charge in [0.25, 0.3) is 0 Å². The maximum atomic E-state index is 11.7. The Labute approximate surface area is 142 Å². The Kier molecular flexibility index (Phi) is 6.45. The van der Waals surface area contributed by atoms with Gasteiger partial charge in [0.05, 0.1) is 5.75 Å². The number of nitrogens with zero attached hydrogens (tertiary/aromatic N) is 2.